The Morgan fingerprint density at radius 3 is 2.63 bits per heavy atom. The molecule has 0 saturated carbocycles. The Balaban J connectivity index is 1.37. The molecule has 0 bridgehead atoms. The molecule has 2 saturated heterocycles. The van der Waals surface area contributed by atoms with E-state index in [2.05, 4.69) is 19.9 Å². The summed E-state index contributed by atoms with van der Waals surface area (Å²) in [5, 5.41) is 0. The quantitative estimate of drug-likeness (QED) is 0.804. The molecule has 0 N–H and O–H groups in total. The van der Waals surface area contributed by atoms with Crippen molar-refractivity contribution in [2.45, 2.75) is 64.5 Å². The molecule has 27 heavy (non-hydrogen) atoms. The zero-order chi connectivity index (χ0) is 19.0. The van der Waals surface area contributed by atoms with Crippen molar-refractivity contribution in [2.24, 2.45) is 5.41 Å². The molecule has 3 heterocycles. The summed E-state index contributed by atoms with van der Waals surface area (Å²) in [5.41, 5.74) is 1.38. The molecule has 0 radical (unpaired) electrons. The molecule has 1 unspecified atom stereocenters. The van der Waals surface area contributed by atoms with Crippen LogP contribution in [0.1, 0.15) is 51.5 Å². The normalized spacial score (nSPS) is 24.7. The van der Waals surface area contributed by atoms with Crippen LogP contribution in [0.3, 0.4) is 0 Å². The molecular formula is C22H30N2O3. The summed E-state index contributed by atoms with van der Waals surface area (Å²) in [4.78, 5) is 29.2. The summed E-state index contributed by atoms with van der Waals surface area (Å²) in [6, 6.07) is 8.26. The Morgan fingerprint density at radius 1 is 1.15 bits per heavy atom. The number of carbonyl (C=O) groups is 2. The van der Waals surface area contributed by atoms with Crippen LogP contribution in [0.25, 0.3) is 0 Å². The van der Waals surface area contributed by atoms with Gasteiger partial charge in [0.2, 0.25) is 5.91 Å². The SMILES string of the molecule is CC(C)N1CC2(CCC1=O)CCN(C(=O)C1CCc3ccccc3O1)CC2. The van der Waals surface area contributed by atoms with Crippen LogP contribution < -0.4 is 4.74 Å². The highest BCUT2D eigenvalue weighted by Crippen LogP contribution is 2.41. The molecule has 0 aliphatic carbocycles. The van der Waals surface area contributed by atoms with Gasteiger partial charge in [0.1, 0.15) is 5.75 Å². The minimum Gasteiger partial charge on any atom is -0.480 e. The number of carbonyl (C=O) groups excluding carboxylic acids is 2. The molecule has 3 aliphatic rings. The Kier molecular flexibility index (Phi) is 4.87. The number of rotatable bonds is 2. The molecule has 2 fully saturated rings. The highest BCUT2D eigenvalue weighted by molar-refractivity contribution is 5.82. The van der Waals surface area contributed by atoms with Gasteiger partial charge in [-0.25, -0.2) is 0 Å². The number of hydrogen-bond acceptors (Lipinski definition) is 3. The van der Waals surface area contributed by atoms with E-state index in [1.807, 2.05) is 28.0 Å². The van der Waals surface area contributed by atoms with Crippen LogP contribution in [-0.4, -0.2) is 53.4 Å². The van der Waals surface area contributed by atoms with Crippen LogP contribution in [0, 0.1) is 5.41 Å². The molecule has 2 amide bonds. The highest BCUT2D eigenvalue weighted by atomic mass is 16.5. The van der Waals surface area contributed by atoms with Gasteiger partial charge in [-0.3, -0.25) is 9.59 Å². The Morgan fingerprint density at radius 2 is 1.89 bits per heavy atom. The van der Waals surface area contributed by atoms with Gasteiger partial charge in [0.15, 0.2) is 6.10 Å². The second-order valence-corrected chi connectivity index (χ2v) is 8.69. The molecule has 1 spiro atoms. The lowest BCUT2D eigenvalue weighted by molar-refractivity contribution is -0.147. The minimum absolute atomic E-state index is 0.131. The number of aryl methyl sites for hydroxylation is 1. The molecule has 1 aromatic rings. The lowest BCUT2D eigenvalue weighted by atomic mass is 9.72. The van der Waals surface area contributed by atoms with Crippen LogP contribution in [0.4, 0.5) is 0 Å². The average molecular weight is 370 g/mol. The predicted octanol–water partition coefficient (Wildman–Crippen LogP) is 3.02. The minimum atomic E-state index is -0.353. The van der Waals surface area contributed by atoms with E-state index in [0.29, 0.717) is 6.42 Å². The lowest BCUT2D eigenvalue weighted by Gasteiger charge is -2.49. The van der Waals surface area contributed by atoms with Crippen LogP contribution in [0.2, 0.25) is 0 Å². The number of para-hydroxylation sites is 1. The first kappa shape index (κ1) is 18.3. The first-order valence-corrected chi connectivity index (χ1v) is 10.3. The lowest BCUT2D eigenvalue weighted by Crippen LogP contribution is -2.55. The standard InChI is InChI=1S/C22H30N2O3/c1-16(2)24-15-22(10-9-20(24)25)11-13-23(14-12-22)21(26)19-8-7-17-5-3-4-6-18(17)27-19/h3-6,16,19H,7-15H2,1-2H3. The smallest absolute Gasteiger partial charge is 0.263 e. The Labute approximate surface area is 161 Å². The second-order valence-electron chi connectivity index (χ2n) is 8.69. The molecule has 1 aromatic carbocycles. The van der Waals surface area contributed by atoms with E-state index < -0.39 is 0 Å². The van der Waals surface area contributed by atoms with Crippen molar-refractivity contribution in [2.75, 3.05) is 19.6 Å². The van der Waals surface area contributed by atoms with Gasteiger partial charge in [0, 0.05) is 32.1 Å². The predicted molar refractivity (Wildman–Crippen MR) is 104 cm³/mol. The molecule has 5 heteroatoms. The van der Waals surface area contributed by atoms with Gasteiger partial charge in [-0.1, -0.05) is 18.2 Å². The van der Waals surface area contributed by atoms with Crippen molar-refractivity contribution >= 4 is 11.8 Å². The third-order valence-electron chi connectivity index (χ3n) is 6.65. The monoisotopic (exact) mass is 370 g/mol. The summed E-state index contributed by atoms with van der Waals surface area (Å²) < 4.78 is 6.00. The summed E-state index contributed by atoms with van der Waals surface area (Å²) >= 11 is 0. The van der Waals surface area contributed by atoms with Gasteiger partial charge in [-0.2, -0.15) is 0 Å². The van der Waals surface area contributed by atoms with E-state index in [0.717, 1.165) is 57.5 Å². The Hall–Kier alpha value is -2.04. The average Bonchev–Trinajstić information content (AvgIpc) is 2.69. The van der Waals surface area contributed by atoms with E-state index in [1.54, 1.807) is 0 Å². The molecule has 0 aromatic heterocycles. The van der Waals surface area contributed by atoms with Crippen molar-refractivity contribution < 1.29 is 14.3 Å². The number of amides is 2. The van der Waals surface area contributed by atoms with Gasteiger partial charge in [0.05, 0.1) is 0 Å². The van der Waals surface area contributed by atoms with E-state index in [4.69, 9.17) is 4.74 Å². The summed E-state index contributed by atoms with van der Waals surface area (Å²) in [5.74, 6) is 1.27. The van der Waals surface area contributed by atoms with Gasteiger partial charge < -0.3 is 14.5 Å². The van der Waals surface area contributed by atoms with Gasteiger partial charge in [-0.05, 0) is 63.0 Å². The van der Waals surface area contributed by atoms with E-state index in [1.165, 1.54) is 5.56 Å². The maximum atomic E-state index is 13.0. The molecule has 3 aliphatic heterocycles. The van der Waals surface area contributed by atoms with Crippen LogP contribution in [-0.2, 0) is 16.0 Å². The van der Waals surface area contributed by atoms with Crippen molar-refractivity contribution in [3.8, 4) is 5.75 Å². The summed E-state index contributed by atoms with van der Waals surface area (Å²) in [6.07, 6.45) is 4.88. The third-order valence-corrected chi connectivity index (χ3v) is 6.65. The first-order valence-electron chi connectivity index (χ1n) is 10.3. The van der Waals surface area contributed by atoms with Gasteiger partial charge in [-0.15, -0.1) is 0 Å². The molecule has 1 atom stereocenters. The molecule has 146 valence electrons. The fourth-order valence-corrected chi connectivity index (χ4v) is 4.83. The number of nitrogens with zero attached hydrogens (tertiary/aromatic N) is 2. The summed E-state index contributed by atoms with van der Waals surface area (Å²) in [7, 11) is 0. The van der Waals surface area contributed by atoms with E-state index in [-0.39, 0.29) is 29.4 Å². The van der Waals surface area contributed by atoms with Crippen molar-refractivity contribution in [3.05, 3.63) is 29.8 Å². The van der Waals surface area contributed by atoms with Crippen LogP contribution in [0.5, 0.6) is 5.75 Å². The largest absolute Gasteiger partial charge is 0.480 e. The number of likely N-dealkylation sites (tertiary alicyclic amines) is 2. The van der Waals surface area contributed by atoms with Crippen molar-refractivity contribution in [1.29, 1.82) is 0 Å². The van der Waals surface area contributed by atoms with Crippen molar-refractivity contribution in [3.63, 3.8) is 0 Å². The number of fused-ring (bicyclic) bond motifs is 1. The number of ether oxygens (including phenoxy) is 1. The van der Waals surface area contributed by atoms with Gasteiger partial charge >= 0.3 is 0 Å². The Bertz CT molecular complexity index is 722. The first-order chi connectivity index (χ1) is 13.0. The highest BCUT2D eigenvalue weighted by Gasteiger charge is 2.43. The topological polar surface area (TPSA) is 49.9 Å². The summed E-state index contributed by atoms with van der Waals surface area (Å²) in [6.45, 7) is 6.58. The van der Waals surface area contributed by atoms with E-state index >= 15 is 0 Å². The third kappa shape index (κ3) is 3.56. The maximum Gasteiger partial charge on any atom is 0.263 e. The van der Waals surface area contributed by atoms with Crippen LogP contribution in [0.15, 0.2) is 24.3 Å². The van der Waals surface area contributed by atoms with Crippen LogP contribution >= 0.6 is 0 Å². The van der Waals surface area contributed by atoms with Gasteiger partial charge in [0.25, 0.3) is 5.91 Å². The fraction of sp³-hybridized carbons (Fsp3) is 0.636. The fourth-order valence-electron chi connectivity index (χ4n) is 4.83. The number of benzene rings is 1. The zero-order valence-electron chi connectivity index (χ0n) is 16.4. The molecule has 4 rings (SSSR count). The molecule has 5 nitrogen and oxygen atoms in total. The molecular weight excluding hydrogens is 340 g/mol. The number of hydrogen-bond donors (Lipinski definition) is 0. The zero-order valence-corrected chi connectivity index (χ0v) is 16.4. The van der Waals surface area contributed by atoms with E-state index in [9.17, 15) is 9.59 Å². The van der Waals surface area contributed by atoms with Crippen molar-refractivity contribution in [1.82, 2.24) is 9.80 Å². The maximum absolute atomic E-state index is 13.0. The number of piperidine rings is 2. The second kappa shape index (κ2) is 7.17.